The second-order valence-corrected chi connectivity index (χ2v) is 7.20. The number of rotatable bonds is 7. The molecule has 3 aromatic rings. The topological polar surface area (TPSA) is 59.4 Å². The fraction of sp³-hybridized carbons (Fsp3) is 0.158. The SMILES string of the molecule is CCOc1ccccc1/C=C(\SCC(=O)O)c1nc2ccccc2s1. The highest BCUT2D eigenvalue weighted by Gasteiger charge is 2.13. The van der Waals surface area contributed by atoms with Crippen LogP contribution in [-0.4, -0.2) is 28.4 Å². The summed E-state index contributed by atoms with van der Waals surface area (Å²) in [5.74, 6) is -0.0897. The average molecular weight is 371 g/mol. The molecule has 0 amide bonds. The molecule has 0 spiro atoms. The van der Waals surface area contributed by atoms with Gasteiger partial charge in [0, 0.05) is 10.5 Å². The Kier molecular flexibility index (Phi) is 5.73. The second kappa shape index (κ2) is 8.18. The van der Waals surface area contributed by atoms with Gasteiger partial charge in [-0.1, -0.05) is 30.3 Å². The molecular weight excluding hydrogens is 354 g/mol. The number of benzene rings is 2. The Morgan fingerprint density at radius 1 is 1.24 bits per heavy atom. The number of carboxylic acid groups (broad SMARTS) is 1. The van der Waals surface area contributed by atoms with E-state index >= 15 is 0 Å². The van der Waals surface area contributed by atoms with Crippen molar-refractivity contribution in [3.63, 3.8) is 0 Å². The summed E-state index contributed by atoms with van der Waals surface area (Å²) in [5.41, 5.74) is 1.83. The fourth-order valence-corrected chi connectivity index (χ4v) is 4.15. The standard InChI is InChI=1S/C19H17NO3S2/c1-2-23-15-9-5-3-7-13(15)11-17(24-12-18(21)22)19-20-14-8-4-6-10-16(14)25-19/h3-11H,2,12H2,1H3,(H,21,22)/b17-11-. The minimum absolute atomic E-state index is 0.0153. The van der Waals surface area contributed by atoms with Crippen molar-refractivity contribution in [1.29, 1.82) is 0 Å². The van der Waals surface area contributed by atoms with Crippen LogP contribution in [0.4, 0.5) is 0 Å². The minimum Gasteiger partial charge on any atom is -0.493 e. The lowest BCUT2D eigenvalue weighted by Gasteiger charge is -2.08. The molecule has 0 atom stereocenters. The Balaban J connectivity index is 2.03. The highest BCUT2D eigenvalue weighted by atomic mass is 32.2. The number of para-hydroxylation sites is 2. The molecule has 25 heavy (non-hydrogen) atoms. The molecule has 0 aliphatic heterocycles. The number of thiazole rings is 1. The van der Waals surface area contributed by atoms with Gasteiger partial charge in [-0.15, -0.1) is 23.1 Å². The summed E-state index contributed by atoms with van der Waals surface area (Å²) in [6.07, 6.45) is 1.95. The summed E-state index contributed by atoms with van der Waals surface area (Å²) in [5, 5.41) is 9.88. The summed E-state index contributed by atoms with van der Waals surface area (Å²) < 4.78 is 6.75. The first kappa shape index (κ1) is 17.5. The maximum atomic E-state index is 11.0. The number of carboxylic acids is 1. The molecule has 1 heterocycles. The van der Waals surface area contributed by atoms with E-state index in [1.807, 2.05) is 61.5 Å². The van der Waals surface area contributed by atoms with Gasteiger partial charge in [-0.3, -0.25) is 4.79 Å². The summed E-state index contributed by atoms with van der Waals surface area (Å²) in [7, 11) is 0. The van der Waals surface area contributed by atoms with Crippen LogP contribution in [0.2, 0.25) is 0 Å². The third kappa shape index (κ3) is 4.41. The van der Waals surface area contributed by atoms with Crippen LogP contribution >= 0.6 is 23.1 Å². The molecule has 3 rings (SSSR count). The molecule has 1 N–H and O–H groups in total. The Morgan fingerprint density at radius 2 is 2.00 bits per heavy atom. The van der Waals surface area contributed by atoms with E-state index < -0.39 is 5.97 Å². The van der Waals surface area contributed by atoms with Gasteiger partial charge < -0.3 is 9.84 Å². The molecule has 4 nitrogen and oxygen atoms in total. The van der Waals surface area contributed by atoms with Crippen LogP contribution in [0.15, 0.2) is 48.5 Å². The molecule has 0 aliphatic rings. The summed E-state index contributed by atoms with van der Waals surface area (Å²) in [4.78, 5) is 16.5. The lowest BCUT2D eigenvalue weighted by Crippen LogP contribution is -1.98. The zero-order valence-electron chi connectivity index (χ0n) is 13.6. The van der Waals surface area contributed by atoms with Crippen LogP contribution in [-0.2, 0) is 4.79 Å². The van der Waals surface area contributed by atoms with E-state index in [1.54, 1.807) is 11.3 Å². The number of carbonyl (C=O) groups is 1. The maximum Gasteiger partial charge on any atom is 0.313 e. The predicted molar refractivity (Wildman–Crippen MR) is 105 cm³/mol. The third-order valence-corrected chi connectivity index (χ3v) is 5.57. The van der Waals surface area contributed by atoms with E-state index in [0.29, 0.717) is 6.61 Å². The fourth-order valence-electron chi connectivity index (χ4n) is 2.31. The summed E-state index contributed by atoms with van der Waals surface area (Å²) in [6, 6.07) is 15.6. The van der Waals surface area contributed by atoms with Gasteiger partial charge in [0.05, 0.1) is 22.6 Å². The van der Waals surface area contributed by atoms with Crippen molar-refractivity contribution in [3.05, 3.63) is 59.1 Å². The van der Waals surface area contributed by atoms with Gasteiger partial charge in [0.1, 0.15) is 10.8 Å². The van der Waals surface area contributed by atoms with Gasteiger partial charge in [0.25, 0.3) is 0 Å². The molecule has 0 bridgehead atoms. The largest absolute Gasteiger partial charge is 0.493 e. The summed E-state index contributed by atoms with van der Waals surface area (Å²) in [6.45, 7) is 2.51. The number of ether oxygens (including phenoxy) is 1. The molecule has 128 valence electrons. The van der Waals surface area contributed by atoms with Gasteiger partial charge in [-0.2, -0.15) is 0 Å². The van der Waals surface area contributed by atoms with E-state index in [-0.39, 0.29) is 5.75 Å². The van der Waals surface area contributed by atoms with E-state index in [0.717, 1.165) is 31.4 Å². The van der Waals surface area contributed by atoms with Gasteiger partial charge in [0.15, 0.2) is 0 Å². The number of fused-ring (bicyclic) bond motifs is 1. The first-order chi connectivity index (χ1) is 12.2. The van der Waals surface area contributed by atoms with Crippen molar-refractivity contribution >= 4 is 50.3 Å². The normalized spacial score (nSPS) is 11.6. The zero-order chi connectivity index (χ0) is 17.6. The predicted octanol–water partition coefficient (Wildman–Crippen LogP) is 5.01. The van der Waals surface area contributed by atoms with Gasteiger partial charge >= 0.3 is 5.97 Å². The van der Waals surface area contributed by atoms with Crippen LogP contribution in [0, 0.1) is 0 Å². The highest BCUT2D eigenvalue weighted by Crippen LogP contribution is 2.36. The Hall–Kier alpha value is -2.31. The van der Waals surface area contributed by atoms with Gasteiger partial charge in [0.2, 0.25) is 0 Å². The molecule has 0 saturated carbocycles. The monoisotopic (exact) mass is 371 g/mol. The molecule has 0 unspecified atom stereocenters. The highest BCUT2D eigenvalue weighted by molar-refractivity contribution is 8.09. The Morgan fingerprint density at radius 3 is 2.76 bits per heavy atom. The van der Waals surface area contributed by atoms with E-state index in [2.05, 4.69) is 4.98 Å². The first-order valence-electron chi connectivity index (χ1n) is 7.81. The zero-order valence-corrected chi connectivity index (χ0v) is 15.3. The number of nitrogens with zero attached hydrogens (tertiary/aromatic N) is 1. The Labute approximate surface area is 154 Å². The quantitative estimate of drug-likeness (QED) is 0.632. The number of thioether (sulfide) groups is 1. The van der Waals surface area contributed by atoms with Crippen molar-refractivity contribution in [1.82, 2.24) is 4.98 Å². The van der Waals surface area contributed by atoms with Crippen molar-refractivity contribution in [2.24, 2.45) is 0 Å². The first-order valence-corrected chi connectivity index (χ1v) is 9.61. The molecular formula is C19H17NO3S2. The van der Waals surface area contributed by atoms with Crippen LogP contribution in [0.25, 0.3) is 21.2 Å². The molecule has 2 aromatic carbocycles. The van der Waals surface area contributed by atoms with Crippen LogP contribution < -0.4 is 4.74 Å². The van der Waals surface area contributed by atoms with Crippen molar-refractivity contribution in [3.8, 4) is 5.75 Å². The average Bonchev–Trinajstić information content (AvgIpc) is 3.04. The third-order valence-electron chi connectivity index (χ3n) is 3.36. The van der Waals surface area contributed by atoms with Crippen molar-refractivity contribution < 1.29 is 14.6 Å². The van der Waals surface area contributed by atoms with E-state index in [4.69, 9.17) is 9.84 Å². The van der Waals surface area contributed by atoms with Gasteiger partial charge in [-0.05, 0) is 31.2 Å². The van der Waals surface area contributed by atoms with Crippen molar-refractivity contribution in [2.75, 3.05) is 12.4 Å². The minimum atomic E-state index is -0.852. The summed E-state index contributed by atoms with van der Waals surface area (Å²) >= 11 is 2.84. The van der Waals surface area contributed by atoms with E-state index in [9.17, 15) is 4.79 Å². The second-order valence-electron chi connectivity index (χ2n) is 5.15. The van der Waals surface area contributed by atoms with Crippen molar-refractivity contribution in [2.45, 2.75) is 6.92 Å². The molecule has 0 radical (unpaired) electrons. The molecule has 0 aliphatic carbocycles. The smallest absolute Gasteiger partial charge is 0.313 e. The molecule has 6 heteroatoms. The maximum absolute atomic E-state index is 11.0. The van der Waals surface area contributed by atoms with E-state index in [1.165, 1.54) is 11.8 Å². The number of aliphatic carboxylic acids is 1. The number of hydrogen-bond donors (Lipinski definition) is 1. The number of aromatic nitrogens is 1. The number of hydrogen-bond acceptors (Lipinski definition) is 5. The molecule has 0 fully saturated rings. The Bertz CT molecular complexity index is 885. The lowest BCUT2D eigenvalue weighted by atomic mass is 10.2. The van der Waals surface area contributed by atoms with Crippen LogP contribution in [0.5, 0.6) is 5.75 Å². The van der Waals surface area contributed by atoms with Crippen LogP contribution in [0.1, 0.15) is 17.5 Å². The molecule has 1 aromatic heterocycles. The lowest BCUT2D eigenvalue weighted by molar-refractivity contribution is -0.133. The molecule has 0 saturated heterocycles. The van der Waals surface area contributed by atoms with Crippen LogP contribution in [0.3, 0.4) is 0 Å². The van der Waals surface area contributed by atoms with Gasteiger partial charge in [-0.25, -0.2) is 4.98 Å².